The van der Waals surface area contributed by atoms with Gasteiger partial charge in [-0.2, -0.15) is 0 Å². The number of aliphatic hydroxyl groups excluding tert-OH is 2. The van der Waals surface area contributed by atoms with Crippen molar-refractivity contribution in [2.24, 2.45) is 0 Å². The SMILES string of the molecule is CCCCCCC/C=C\CCCCCCCC(=O)OCCCCCCCCCCC/C=C\C/C=C\CCCCCCCCCCCCCCCCCC(=O)NC(CO)C(O)/C=C/CCCCCCCCCCCCCCCCCCCCCCCC. The Kier molecular flexibility index (Phi) is 73.4. The predicted molar refractivity (Wildman–Crippen MR) is 379 cm³/mol. The number of amides is 1. The molecular formula is C80H151NO5. The van der Waals surface area contributed by atoms with Crippen molar-refractivity contribution in [1.29, 1.82) is 0 Å². The summed E-state index contributed by atoms with van der Waals surface area (Å²) in [4.78, 5) is 24.6. The van der Waals surface area contributed by atoms with Crippen molar-refractivity contribution >= 4 is 11.9 Å². The van der Waals surface area contributed by atoms with Crippen molar-refractivity contribution in [3.8, 4) is 0 Å². The summed E-state index contributed by atoms with van der Waals surface area (Å²) in [6, 6.07) is -0.630. The molecule has 0 rings (SSSR count). The van der Waals surface area contributed by atoms with Gasteiger partial charge in [0.1, 0.15) is 0 Å². The van der Waals surface area contributed by atoms with E-state index in [1.807, 2.05) is 6.08 Å². The van der Waals surface area contributed by atoms with E-state index in [9.17, 15) is 19.8 Å². The van der Waals surface area contributed by atoms with Crippen molar-refractivity contribution in [3.05, 3.63) is 48.6 Å². The van der Waals surface area contributed by atoms with Gasteiger partial charge < -0.3 is 20.3 Å². The lowest BCUT2D eigenvalue weighted by Crippen LogP contribution is -2.45. The molecule has 0 radical (unpaired) electrons. The van der Waals surface area contributed by atoms with Crippen LogP contribution in [0.25, 0.3) is 0 Å². The highest BCUT2D eigenvalue weighted by Gasteiger charge is 2.18. The maximum atomic E-state index is 12.6. The fourth-order valence-electron chi connectivity index (χ4n) is 12.1. The number of unbranched alkanes of at least 4 members (excludes halogenated alkanes) is 56. The molecule has 2 atom stereocenters. The van der Waals surface area contributed by atoms with Crippen molar-refractivity contribution in [2.75, 3.05) is 13.2 Å². The first-order valence-electron chi connectivity index (χ1n) is 38.9. The molecule has 0 fully saturated rings. The molecule has 0 aliphatic heterocycles. The van der Waals surface area contributed by atoms with E-state index in [1.54, 1.807) is 6.08 Å². The van der Waals surface area contributed by atoms with E-state index in [1.165, 1.54) is 347 Å². The Labute approximate surface area is 537 Å². The third kappa shape index (κ3) is 70.9. The highest BCUT2D eigenvalue weighted by atomic mass is 16.5. The smallest absolute Gasteiger partial charge is 0.305 e. The molecule has 0 aliphatic rings. The summed E-state index contributed by atoms with van der Waals surface area (Å²) in [6.45, 7) is 4.93. The van der Waals surface area contributed by atoms with Gasteiger partial charge in [-0.1, -0.05) is 371 Å². The number of hydrogen-bond acceptors (Lipinski definition) is 5. The molecule has 2 unspecified atom stereocenters. The third-order valence-electron chi connectivity index (χ3n) is 18.1. The van der Waals surface area contributed by atoms with Gasteiger partial charge in [0.15, 0.2) is 0 Å². The van der Waals surface area contributed by atoms with Crippen LogP contribution in [0.15, 0.2) is 48.6 Å². The maximum Gasteiger partial charge on any atom is 0.305 e. The first-order valence-corrected chi connectivity index (χ1v) is 38.9. The second kappa shape index (κ2) is 75.3. The lowest BCUT2D eigenvalue weighted by Gasteiger charge is -2.20. The number of carbonyl (C=O) groups is 2. The van der Waals surface area contributed by atoms with E-state index in [0.29, 0.717) is 19.4 Å². The summed E-state index contributed by atoms with van der Waals surface area (Å²) in [7, 11) is 0. The molecule has 0 aromatic carbocycles. The number of allylic oxidation sites excluding steroid dienone is 7. The second-order valence-electron chi connectivity index (χ2n) is 26.7. The average Bonchev–Trinajstić information content (AvgIpc) is 3.54. The first kappa shape index (κ1) is 83.8. The van der Waals surface area contributed by atoms with Gasteiger partial charge in [-0.05, 0) is 89.9 Å². The molecule has 506 valence electrons. The number of nitrogens with one attached hydrogen (secondary N) is 1. The van der Waals surface area contributed by atoms with E-state index >= 15 is 0 Å². The molecule has 0 aromatic rings. The topological polar surface area (TPSA) is 95.9 Å². The highest BCUT2D eigenvalue weighted by Crippen LogP contribution is 2.19. The molecular weight excluding hydrogens is 1050 g/mol. The van der Waals surface area contributed by atoms with Crippen LogP contribution < -0.4 is 5.32 Å². The van der Waals surface area contributed by atoms with Crippen molar-refractivity contribution in [3.63, 3.8) is 0 Å². The predicted octanol–water partition coefficient (Wildman–Crippen LogP) is 25.6. The van der Waals surface area contributed by atoms with Crippen LogP contribution in [-0.4, -0.2) is 47.4 Å². The van der Waals surface area contributed by atoms with Crippen LogP contribution in [0.1, 0.15) is 425 Å². The summed E-state index contributed by atoms with van der Waals surface area (Å²) in [6.07, 6.45) is 99.4. The largest absolute Gasteiger partial charge is 0.466 e. The number of aliphatic hydroxyl groups is 2. The van der Waals surface area contributed by atoms with Crippen molar-refractivity contribution in [1.82, 2.24) is 5.32 Å². The Morgan fingerprint density at radius 2 is 0.581 bits per heavy atom. The van der Waals surface area contributed by atoms with E-state index in [-0.39, 0.29) is 18.5 Å². The number of rotatable bonds is 73. The molecule has 0 saturated carbocycles. The van der Waals surface area contributed by atoms with Crippen molar-refractivity contribution < 1.29 is 24.5 Å². The minimum absolute atomic E-state index is 0.00473. The van der Waals surface area contributed by atoms with Crippen LogP contribution >= 0.6 is 0 Å². The number of ether oxygens (including phenoxy) is 1. The standard InChI is InChI=1S/C80H151NO5/c1-3-5-7-9-11-13-15-17-19-20-21-22-23-33-36-39-42-45-48-52-56-60-64-68-72-78(83)77(76-82)81-79(84)73-69-65-61-57-53-49-46-43-40-37-34-31-29-27-25-24-26-28-30-32-35-38-41-44-47-51-55-59-63-67-71-75-86-80(85)74-70-66-62-58-54-50-18-16-14-12-10-8-6-4-2/h16,18,26,28,32,35,68,72,77-78,82-83H,3-15,17,19-25,27,29-31,33-34,36-67,69-71,73-76H2,1-2H3,(H,81,84)/b18-16-,28-26-,35-32-,72-68+. The van der Waals surface area contributed by atoms with Crippen LogP contribution in [0.4, 0.5) is 0 Å². The summed E-state index contributed by atoms with van der Waals surface area (Å²) in [5.41, 5.74) is 0. The molecule has 0 heterocycles. The van der Waals surface area contributed by atoms with E-state index < -0.39 is 12.1 Å². The van der Waals surface area contributed by atoms with Gasteiger partial charge in [-0.25, -0.2) is 0 Å². The highest BCUT2D eigenvalue weighted by molar-refractivity contribution is 5.76. The molecule has 6 nitrogen and oxygen atoms in total. The molecule has 0 spiro atoms. The number of esters is 1. The maximum absolute atomic E-state index is 12.6. The Morgan fingerprint density at radius 1 is 0.326 bits per heavy atom. The minimum atomic E-state index is -0.846. The zero-order valence-electron chi connectivity index (χ0n) is 58.1. The minimum Gasteiger partial charge on any atom is -0.466 e. The van der Waals surface area contributed by atoms with Gasteiger partial charge in [0.2, 0.25) is 5.91 Å². The van der Waals surface area contributed by atoms with Crippen LogP contribution in [0, 0.1) is 0 Å². The van der Waals surface area contributed by atoms with E-state index in [4.69, 9.17) is 4.74 Å². The number of hydrogen-bond donors (Lipinski definition) is 3. The molecule has 0 bridgehead atoms. The Morgan fingerprint density at radius 3 is 0.895 bits per heavy atom. The monoisotopic (exact) mass is 1210 g/mol. The van der Waals surface area contributed by atoms with Gasteiger partial charge >= 0.3 is 5.97 Å². The average molecular weight is 1210 g/mol. The van der Waals surface area contributed by atoms with Crippen LogP contribution in [0.5, 0.6) is 0 Å². The molecule has 0 aliphatic carbocycles. The first-order chi connectivity index (χ1) is 42.5. The van der Waals surface area contributed by atoms with Crippen molar-refractivity contribution in [2.45, 2.75) is 437 Å². The quantitative estimate of drug-likeness (QED) is 0.0320. The third-order valence-corrected chi connectivity index (χ3v) is 18.1. The number of carbonyl (C=O) groups excluding carboxylic acids is 2. The molecule has 1 amide bonds. The molecule has 6 heteroatoms. The van der Waals surface area contributed by atoms with Gasteiger partial charge in [0.25, 0.3) is 0 Å². The van der Waals surface area contributed by atoms with Gasteiger partial charge in [-0.15, -0.1) is 0 Å². The lowest BCUT2D eigenvalue weighted by molar-refractivity contribution is -0.143. The van der Waals surface area contributed by atoms with Crippen LogP contribution in [0.3, 0.4) is 0 Å². The van der Waals surface area contributed by atoms with Crippen LogP contribution in [-0.2, 0) is 14.3 Å². The zero-order valence-corrected chi connectivity index (χ0v) is 58.1. The summed E-state index contributed by atoms with van der Waals surface area (Å²) < 4.78 is 5.48. The molecule has 3 N–H and O–H groups in total. The van der Waals surface area contributed by atoms with Crippen LogP contribution in [0.2, 0.25) is 0 Å². The summed E-state index contributed by atoms with van der Waals surface area (Å²) in [5, 5.41) is 23.3. The molecule has 0 aromatic heterocycles. The fourth-order valence-corrected chi connectivity index (χ4v) is 12.1. The fraction of sp³-hybridized carbons (Fsp3) is 0.875. The van der Waals surface area contributed by atoms with E-state index in [0.717, 1.165) is 51.4 Å². The van der Waals surface area contributed by atoms with Gasteiger partial charge in [0, 0.05) is 12.8 Å². The molecule has 86 heavy (non-hydrogen) atoms. The second-order valence-corrected chi connectivity index (χ2v) is 26.7. The Bertz CT molecular complexity index is 1440. The zero-order chi connectivity index (χ0) is 62.0. The lowest BCUT2D eigenvalue weighted by atomic mass is 10.0. The van der Waals surface area contributed by atoms with E-state index in [2.05, 4.69) is 55.6 Å². The van der Waals surface area contributed by atoms with Gasteiger partial charge in [0.05, 0.1) is 25.4 Å². The Balaban J connectivity index is 3.42. The summed E-state index contributed by atoms with van der Waals surface area (Å²) >= 11 is 0. The van der Waals surface area contributed by atoms with Gasteiger partial charge in [-0.3, -0.25) is 9.59 Å². The summed E-state index contributed by atoms with van der Waals surface area (Å²) in [5.74, 6) is -0.0583. The molecule has 0 saturated heterocycles. The Hall–Kier alpha value is -2.18. The normalized spacial score (nSPS) is 12.7.